The predicted molar refractivity (Wildman–Crippen MR) is 99.3 cm³/mol. The van der Waals surface area contributed by atoms with E-state index in [0.717, 1.165) is 16.9 Å². The smallest absolute Gasteiger partial charge is 0.309 e. The molecule has 23 heavy (non-hydrogen) atoms. The lowest BCUT2D eigenvalue weighted by atomic mass is 10.1. The van der Waals surface area contributed by atoms with Crippen molar-refractivity contribution in [2.45, 2.75) is 59.2 Å². The minimum absolute atomic E-state index is 0.178. The number of hydrogen-bond acceptors (Lipinski definition) is 3. The van der Waals surface area contributed by atoms with E-state index in [1.165, 1.54) is 0 Å². The first kappa shape index (κ1) is 19.5. The molecule has 0 spiro atoms. The molecule has 0 amide bonds. The molecule has 0 heterocycles. The summed E-state index contributed by atoms with van der Waals surface area (Å²) < 4.78 is 11.3. The van der Waals surface area contributed by atoms with Crippen LogP contribution in [0.1, 0.15) is 45.2 Å². The molecule has 0 N–H and O–H groups in total. The highest BCUT2D eigenvalue weighted by molar-refractivity contribution is 6.74. The molecule has 0 aliphatic heterocycles. The van der Waals surface area contributed by atoms with Crippen molar-refractivity contribution in [3.63, 3.8) is 0 Å². The van der Waals surface area contributed by atoms with Gasteiger partial charge in [-0.3, -0.25) is 4.79 Å². The molecular formula is C19H30O3Si. The normalized spacial score (nSPS) is 12.5. The van der Waals surface area contributed by atoms with Gasteiger partial charge in [0, 0.05) is 0 Å². The highest BCUT2D eigenvalue weighted by atomic mass is 28.4. The predicted octanol–water partition coefficient (Wildman–Crippen LogP) is 5.35. The lowest BCUT2D eigenvalue weighted by Gasteiger charge is -2.37. The lowest BCUT2D eigenvalue weighted by molar-refractivity contribution is -0.142. The highest BCUT2D eigenvalue weighted by Gasteiger charge is 2.39. The summed E-state index contributed by atoms with van der Waals surface area (Å²) in [6.07, 6.45) is 4.08. The summed E-state index contributed by atoms with van der Waals surface area (Å²) in [5.74, 6) is 0.762. The van der Waals surface area contributed by atoms with Crippen molar-refractivity contribution in [3.8, 4) is 5.75 Å². The van der Waals surface area contributed by atoms with Crippen molar-refractivity contribution in [2.24, 2.45) is 0 Å². The van der Waals surface area contributed by atoms with Gasteiger partial charge in [-0.25, -0.2) is 0 Å². The molecule has 0 unspecified atom stereocenters. The SMILES string of the molecule is CCOC(=O)CC=Cc1ccc(O[Si](C)(C)C(C)(C)C)c(C)c1. The average Bonchev–Trinajstić information content (AvgIpc) is 2.40. The van der Waals surface area contributed by atoms with Gasteiger partial charge in [0.15, 0.2) is 0 Å². The van der Waals surface area contributed by atoms with Crippen LogP contribution in [0.4, 0.5) is 0 Å². The number of aryl methyl sites for hydroxylation is 1. The van der Waals surface area contributed by atoms with Crippen LogP contribution in [-0.2, 0) is 9.53 Å². The summed E-state index contributed by atoms with van der Waals surface area (Å²) in [5, 5.41) is 0.178. The van der Waals surface area contributed by atoms with Gasteiger partial charge in [-0.15, -0.1) is 0 Å². The minimum atomic E-state index is -1.82. The van der Waals surface area contributed by atoms with Gasteiger partial charge in [-0.05, 0) is 55.2 Å². The molecule has 0 aromatic heterocycles. The van der Waals surface area contributed by atoms with E-state index in [-0.39, 0.29) is 11.0 Å². The summed E-state index contributed by atoms with van der Waals surface area (Å²) in [6, 6.07) is 6.14. The van der Waals surface area contributed by atoms with Crippen LogP contribution in [0.2, 0.25) is 18.1 Å². The summed E-state index contributed by atoms with van der Waals surface area (Å²) in [7, 11) is -1.82. The third-order valence-corrected chi connectivity index (χ3v) is 8.61. The zero-order valence-corrected chi connectivity index (χ0v) is 16.5. The van der Waals surface area contributed by atoms with Crippen molar-refractivity contribution < 1.29 is 14.0 Å². The molecule has 1 aromatic carbocycles. The fourth-order valence-corrected chi connectivity index (χ4v) is 2.91. The van der Waals surface area contributed by atoms with E-state index in [4.69, 9.17) is 9.16 Å². The Morgan fingerprint density at radius 2 is 1.91 bits per heavy atom. The number of hydrogen-bond donors (Lipinski definition) is 0. The van der Waals surface area contributed by atoms with E-state index < -0.39 is 8.32 Å². The Morgan fingerprint density at radius 1 is 1.26 bits per heavy atom. The minimum Gasteiger partial charge on any atom is -0.543 e. The van der Waals surface area contributed by atoms with E-state index in [2.05, 4.69) is 46.9 Å². The molecule has 0 fully saturated rings. The molecule has 128 valence electrons. The van der Waals surface area contributed by atoms with E-state index in [1.807, 2.05) is 31.2 Å². The number of esters is 1. The average molecular weight is 335 g/mol. The molecular weight excluding hydrogens is 304 g/mol. The highest BCUT2D eigenvalue weighted by Crippen LogP contribution is 2.38. The topological polar surface area (TPSA) is 35.5 Å². The van der Waals surface area contributed by atoms with Crippen LogP contribution in [0.3, 0.4) is 0 Å². The summed E-state index contributed by atoms with van der Waals surface area (Å²) >= 11 is 0. The van der Waals surface area contributed by atoms with Gasteiger partial charge in [0.1, 0.15) is 5.75 Å². The van der Waals surface area contributed by atoms with E-state index in [0.29, 0.717) is 13.0 Å². The zero-order valence-electron chi connectivity index (χ0n) is 15.5. The van der Waals surface area contributed by atoms with Gasteiger partial charge >= 0.3 is 5.97 Å². The van der Waals surface area contributed by atoms with Crippen molar-refractivity contribution in [1.82, 2.24) is 0 Å². The summed E-state index contributed by atoms with van der Waals surface area (Å²) in [4.78, 5) is 11.3. The lowest BCUT2D eigenvalue weighted by Crippen LogP contribution is -2.44. The summed E-state index contributed by atoms with van der Waals surface area (Å²) in [5.41, 5.74) is 2.18. The monoisotopic (exact) mass is 334 g/mol. The molecule has 0 bridgehead atoms. The van der Waals surface area contributed by atoms with Gasteiger partial charge < -0.3 is 9.16 Å². The maximum absolute atomic E-state index is 11.3. The fraction of sp³-hybridized carbons (Fsp3) is 0.526. The Balaban J connectivity index is 2.79. The Hall–Kier alpha value is -1.55. The fourth-order valence-electron chi connectivity index (χ4n) is 1.83. The van der Waals surface area contributed by atoms with Gasteiger partial charge in [0.25, 0.3) is 0 Å². The molecule has 0 atom stereocenters. The van der Waals surface area contributed by atoms with Crippen LogP contribution in [0.25, 0.3) is 6.08 Å². The molecule has 0 saturated carbocycles. The molecule has 0 aliphatic carbocycles. The van der Waals surface area contributed by atoms with Gasteiger partial charge in [0.05, 0.1) is 13.0 Å². The maximum atomic E-state index is 11.3. The van der Waals surface area contributed by atoms with Crippen LogP contribution < -0.4 is 4.43 Å². The quantitative estimate of drug-likeness (QED) is 0.520. The van der Waals surface area contributed by atoms with Crippen LogP contribution in [-0.4, -0.2) is 20.9 Å². The second-order valence-electron chi connectivity index (χ2n) is 7.30. The van der Waals surface area contributed by atoms with Crippen LogP contribution in [0.5, 0.6) is 5.75 Å². The van der Waals surface area contributed by atoms with Gasteiger partial charge in [-0.1, -0.05) is 39.0 Å². The number of rotatable bonds is 6. The Bertz CT molecular complexity index is 568. The van der Waals surface area contributed by atoms with Crippen molar-refractivity contribution >= 4 is 20.4 Å². The van der Waals surface area contributed by atoms with Crippen LogP contribution >= 0.6 is 0 Å². The van der Waals surface area contributed by atoms with Gasteiger partial charge in [-0.2, -0.15) is 0 Å². The maximum Gasteiger partial charge on any atom is 0.309 e. The molecule has 0 aliphatic rings. The molecule has 3 nitrogen and oxygen atoms in total. The molecule has 4 heteroatoms. The molecule has 1 rings (SSSR count). The number of carbonyl (C=O) groups is 1. The molecule has 0 radical (unpaired) electrons. The third kappa shape index (κ3) is 5.86. The van der Waals surface area contributed by atoms with Crippen molar-refractivity contribution in [3.05, 3.63) is 35.4 Å². The first-order valence-corrected chi connectivity index (χ1v) is 11.1. The standard InChI is InChI=1S/C19H30O3Si/c1-8-21-18(20)11-9-10-16-12-13-17(15(2)14-16)22-23(6,7)19(3,4)5/h9-10,12-14H,8,11H2,1-7H3. The second kappa shape index (κ2) is 7.82. The van der Waals surface area contributed by atoms with Crippen LogP contribution in [0, 0.1) is 6.92 Å². The van der Waals surface area contributed by atoms with Gasteiger partial charge in [0.2, 0.25) is 8.32 Å². The number of ether oxygens (including phenoxy) is 1. The largest absolute Gasteiger partial charge is 0.543 e. The first-order valence-electron chi connectivity index (χ1n) is 8.18. The molecule has 1 aromatic rings. The Kier molecular flexibility index (Phi) is 6.63. The zero-order chi connectivity index (χ0) is 17.7. The first-order chi connectivity index (χ1) is 10.6. The second-order valence-corrected chi connectivity index (χ2v) is 12.0. The van der Waals surface area contributed by atoms with Crippen molar-refractivity contribution in [2.75, 3.05) is 6.61 Å². The number of benzene rings is 1. The van der Waals surface area contributed by atoms with E-state index in [9.17, 15) is 4.79 Å². The number of carbonyl (C=O) groups excluding carboxylic acids is 1. The van der Waals surface area contributed by atoms with Crippen LogP contribution in [0.15, 0.2) is 24.3 Å². The summed E-state index contributed by atoms with van der Waals surface area (Å²) in [6.45, 7) is 15.5. The third-order valence-electron chi connectivity index (χ3n) is 4.27. The Morgan fingerprint density at radius 3 is 2.43 bits per heavy atom. The van der Waals surface area contributed by atoms with Crippen molar-refractivity contribution in [1.29, 1.82) is 0 Å². The van der Waals surface area contributed by atoms with E-state index in [1.54, 1.807) is 0 Å². The van der Waals surface area contributed by atoms with E-state index >= 15 is 0 Å². The molecule has 0 saturated heterocycles. The Labute approximate surface area is 141 Å².